The van der Waals surface area contributed by atoms with Gasteiger partial charge >= 0.3 is 0 Å². The minimum absolute atomic E-state index is 0.0763. The predicted octanol–water partition coefficient (Wildman–Crippen LogP) is 5.06. The van der Waals surface area contributed by atoms with Crippen molar-refractivity contribution in [3.05, 3.63) is 58.8 Å². The van der Waals surface area contributed by atoms with Gasteiger partial charge in [0.2, 0.25) is 0 Å². The average molecular weight is 366 g/mol. The summed E-state index contributed by atoms with van der Waals surface area (Å²) >= 11 is 1.40. The van der Waals surface area contributed by atoms with E-state index >= 15 is 0 Å². The number of hydrogen-bond acceptors (Lipinski definition) is 3. The molecule has 26 heavy (non-hydrogen) atoms. The SMILES string of the molecule is CCc1ccc(N=C2NC(=O)/C(=C\c3ccn(C4CCCC4)c3)S2)cc1. The summed E-state index contributed by atoms with van der Waals surface area (Å²) < 4.78 is 2.29. The number of amides is 1. The van der Waals surface area contributed by atoms with Gasteiger partial charge in [-0.3, -0.25) is 4.79 Å². The normalized spacial score (nSPS) is 21.0. The molecular weight excluding hydrogens is 342 g/mol. The predicted molar refractivity (Wildman–Crippen MR) is 109 cm³/mol. The average Bonchev–Trinajstić information content (AvgIpc) is 3.38. The zero-order chi connectivity index (χ0) is 17.9. The van der Waals surface area contributed by atoms with Gasteiger partial charge in [0.25, 0.3) is 5.91 Å². The zero-order valence-corrected chi connectivity index (χ0v) is 15.8. The summed E-state index contributed by atoms with van der Waals surface area (Å²) in [6.07, 6.45) is 12.4. The third-order valence-electron chi connectivity index (χ3n) is 5.01. The lowest BCUT2D eigenvalue weighted by Gasteiger charge is -2.10. The summed E-state index contributed by atoms with van der Waals surface area (Å²) in [6, 6.07) is 10.8. The van der Waals surface area contributed by atoms with Crippen molar-refractivity contribution in [2.75, 3.05) is 0 Å². The number of benzene rings is 1. The van der Waals surface area contributed by atoms with Gasteiger partial charge in [-0.25, -0.2) is 4.99 Å². The number of thioether (sulfide) groups is 1. The molecule has 1 aromatic heterocycles. The number of amidine groups is 1. The van der Waals surface area contributed by atoms with Crippen LogP contribution in [0.4, 0.5) is 5.69 Å². The fraction of sp³-hybridized carbons (Fsp3) is 0.333. The fourth-order valence-corrected chi connectivity index (χ4v) is 4.34. The van der Waals surface area contributed by atoms with E-state index < -0.39 is 0 Å². The van der Waals surface area contributed by atoms with Crippen LogP contribution in [0.2, 0.25) is 0 Å². The van der Waals surface area contributed by atoms with Gasteiger partial charge < -0.3 is 9.88 Å². The van der Waals surface area contributed by atoms with Crippen molar-refractivity contribution in [3.63, 3.8) is 0 Å². The molecule has 1 saturated heterocycles. The first-order valence-corrected chi connectivity index (χ1v) is 10.1. The number of carbonyl (C=O) groups is 1. The van der Waals surface area contributed by atoms with Crippen LogP contribution in [-0.4, -0.2) is 15.6 Å². The lowest BCUT2D eigenvalue weighted by atomic mass is 10.2. The Bertz CT molecular complexity index is 858. The summed E-state index contributed by atoms with van der Waals surface area (Å²) in [6.45, 7) is 2.13. The van der Waals surface area contributed by atoms with E-state index in [2.05, 4.69) is 52.4 Å². The molecule has 4 rings (SSSR count). The first kappa shape index (κ1) is 17.2. The molecule has 4 nitrogen and oxygen atoms in total. The van der Waals surface area contributed by atoms with Gasteiger partial charge in [0.15, 0.2) is 5.17 Å². The monoisotopic (exact) mass is 365 g/mol. The van der Waals surface area contributed by atoms with E-state index in [0.717, 1.165) is 17.7 Å². The third-order valence-corrected chi connectivity index (χ3v) is 5.92. The number of aromatic nitrogens is 1. The largest absolute Gasteiger partial charge is 0.351 e. The Labute approximate surface area is 158 Å². The van der Waals surface area contributed by atoms with Gasteiger partial charge in [-0.1, -0.05) is 31.9 Å². The summed E-state index contributed by atoms with van der Waals surface area (Å²) in [5.74, 6) is -0.0763. The highest BCUT2D eigenvalue weighted by Gasteiger charge is 2.24. The van der Waals surface area contributed by atoms with E-state index in [1.807, 2.05) is 18.2 Å². The van der Waals surface area contributed by atoms with Crippen LogP contribution in [-0.2, 0) is 11.2 Å². The fourth-order valence-electron chi connectivity index (χ4n) is 3.50. The lowest BCUT2D eigenvalue weighted by molar-refractivity contribution is -0.115. The summed E-state index contributed by atoms with van der Waals surface area (Å²) in [5.41, 5.74) is 3.21. The minimum atomic E-state index is -0.0763. The first-order valence-electron chi connectivity index (χ1n) is 9.27. The number of nitrogens with one attached hydrogen (secondary N) is 1. The van der Waals surface area contributed by atoms with Crippen molar-refractivity contribution in [1.29, 1.82) is 0 Å². The zero-order valence-electron chi connectivity index (χ0n) is 14.9. The van der Waals surface area contributed by atoms with Crippen LogP contribution < -0.4 is 5.32 Å². The van der Waals surface area contributed by atoms with E-state index in [1.165, 1.54) is 43.0 Å². The maximum Gasteiger partial charge on any atom is 0.264 e. The quantitative estimate of drug-likeness (QED) is 0.770. The van der Waals surface area contributed by atoms with E-state index in [-0.39, 0.29) is 5.91 Å². The molecule has 1 aliphatic carbocycles. The third kappa shape index (κ3) is 3.78. The molecule has 1 amide bonds. The van der Waals surface area contributed by atoms with Crippen molar-refractivity contribution >= 4 is 34.6 Å². The van der Waals surface area contributed by atoms with Gasteiger partial charge in [0, 0.05) is 18.4 Å². The molecule has 134 valence electrons. The van der Waals surface area contributed by atoms with Gasteiger partial charge in [-0.2, -0.15) is 0 Å². The van der Waals surface area contributed by atoms with Crippen molar-refractivity contribution in [2.24, 2.45) is 4.99 Å². The number of hydrogen-bond donors (Lipinski definition) is 1. The summed E-state index contributed by atoms with van der Waals surface area (Å²) in [5, 5.41) is 3.50. The molecule has 0 unspecified atom stereocenters. The summed E-state index contributed by atoms with van der Waals surface area (Å²) in [4.78, 5) is 17.5. The smallest absolute Gasteiger partial charge is 0.264 e. The van der Waals surface area contributed by atoms with Crippen LogP contribution in [0, 0.1) is 0 Å². The lowest BCUT2D eigenvalue weighted by Crippen LogP contribution is -2.19. The van der Waals surface area contributed by atoms with E-state index in [1.54, 1.807) is 0 Å². The van der Waals surface area contributed by atoms with E-state index in [9.17, 15) is 4.79 Å². The van der Waals surface area contributed by atoms with Crippen LogP contribution in [0.3, 0.4) is 0 Å². The molecule has 0 radical (unpaired) electrons. The van der Waals surface area contributed by atoms with Crippen molar-refractivity contribution in [3.8, 4) is 0 Å². The molecule has 5 heteroatoms. The molecule has 1 N–H and O–H groups in total. The highest BCUT2D eigenvalue weighted by Crippen LogP contribution is 2.31. The maximum absolute atomic E-state index is 12.3. The molecule has 2 aromatic rings. The van der Waals surface area contributed by atoms with Gasteiger partial charge in [-0.15, -0.1) is 0 Å². The number of aryl methyl sites for hydroxylation is 1. The molecule has 2 heterocycles. The number of nitrogens with zero attached hydrogens (tertiary/aromatic N) is 2. The number of rotatable bonds is 4. The Morgan fingerprint density at radius 2 is 2.00 bits per heavy atom. The molecule has 1 aliphatic heterocycles. The Morgan fingerprint density at radius 3 is 2.73 bits per heavy atom. The van der Waals surface area contributed by atoms with Gasteiger partial charge in [0.05, 0.1) is 10.6 Å². The molecule has 1 saturated carbocycles. The molecule has 1 aromatic carbocycles. The minimum Gasteiger partial charge on any atom is -0.351 e. The number of aliphatic imine (C=N–C) groups is 1. The van der Waals surface area contributed by atoms with Crippen molar-refractivity contribution in [1.82, 2.24) is 9.88 Å². The second-order valence-electron chi connectivity index (χ2n) is 6.83. The highest BCUT2D eigenvalue weighted by atomic mass is 32.2. The Kier molecular flexibility index (Phi) is 4.98. The molecule has 0 spiro atoms. The van der Waals surface area contributed by atoms with Crippen LogP contribution in [0.5, 0.6) is 0 Å². The second kappa shape index (κ2) is 7.54. The topological polar surface area (TPSA) is 46.4 Å². The Morgan fingerprint density at radius 1 is 1.23 bits per heavy atom. The molecule has 2 aliphatic rings. The van der Waals surface area contributed by atoms with E-state index in [4.69, 9.17) is 0 Å². The van der Waals surface area contributed by atoms with Crippen LogP contribution >= 0.6 is 11.8 Å². The van der Waals surface area contributed by atoms with Crippen LogP contribution in [0.1, 0.15) is 49.8 Å². The van der Waals surface area contributed by atoms with E-state index in [0.29, 0.717) is 16.1 Å². The maximum atomic E-state index is 12.3. The molecule has 0 atom stereocenters. The number of carbonyl (C=O) groups excluding carboxylic acids is 1. The molecule has 0 bridgehead atoms. The Hall–Kier alpha value is -2.27. The van der Waals surface area contributed by atoms with Crippen molar-refractivity contribution < 1.29 is 4.79 Å². The highest BCUT2D eigenvalue weighted by molar-refractivity contribution is 8.18. The Balaban J connectivity index is 1.48. The summed E-state index contributed by atoms with van der Waals surface area (Å²) in [7, 11) is 0. The first-order chi connectivity index (χ1) is 12.7. The molecular formula is C21H23N3OS. The standard InChI is InChI=1S/C21H23N3OS/c1-2-15-7-9-17(10-8-15)22-21-23-20(25)19(26-21)13-16-11-12-24(14-16)18-5-3-4-6-18/h7-14,18H,2-6H2,1H3,(H,22,23,25)/b19-13+. The van der Waals surface area contributed by atoms with Gasteiger partial charge in [0.1, 0.15) is 0 Å². The van der Waals surface area contributed by atoms with Crippen LogP contribution in [0.15, 0.2) is 52.6 Å². The van der Waals surface area contributed by atoms with Crippen LogP contribution in [0.25, 0.3) is 6.08 Å². The van der Waals surface area contributed by atoms with Gasteiger partial charge in [-0.05, 0) is 66.4 Å². The molecule has 2 fully saturated rings. The van der Waals surface area contributed by atoms with Crippen molar-refractivity contribution in [2.45, 2.75) is 45.1 Å². The second-order valence-corrected chi connectivity index (χ2v) is 7.86.